The summed E-state index contributed by atoms with van der Waals surface area (Å²) in [5, 5.41) is 8.27. The van der Waals surface area contributed by atoms with Crippen molar-refractivity contribution in [2.24, 2.45) is 23.2 Å². The molecule has 0 spiro atoms. The second-order valence-electron chi connectivity index (χ2n) is 19.5. The minimum Gasteiger partial charge on any atom is -0.464 e. The van der Waals surface area contributed by atoms with E-state index < -0.39 is 35.4 Å². The summed E-state index contributed by atoms with van der Waals surface area (Å²) in [7, 11) is 5.49. The van der Waals surface area contributed by atoms with Gasteiger partial charge in [0, 0.05) is 98.9 Å². The Morgan fingerprint density at radius 3 is 2.56 bits per heavy atom. The van der Waals surface area contributed by atoms with Gasteiger partial charge in [-0.2, -0.15) is 0 Å². The highest BCUT2D eigenvalue weighted by molar-refractivity contribution is 7.10. The van der Waals surface area contributed by atoms with Crippen LogP contribution >= 0.6 is 11.3 Å². The lowest BCUT2D eigenvalue weighted by atomic mass is 9.84. The molecule has 15 nitrogen and oxygen atoms in total. The molecule has 0 saturated carbocycles. The lowest BCUT2D eigenvalue weighted by Crippen LogP contribution is -2.62. The summed E-state index contributed by atoms with van der Waals surface area (Å²) >= 11 is 1.44. The van der Waals surface area contributed by atoms with Gasteiger partial charge in [0.05, 0.1) is 34.8 Å². The van der Waals surface area contributed by atoms with Crippen molar-refractivity contribution in [3.8, 4) is 22.5 Å². The summed E-state index contributed by atoms with van der Waals surface area (Å²) in [6.07, 6.45) is 3.33. The number of aryl methyl sites for hydroxylation is 1. The van der Waals surface area contributed by atoms with Gasteiger partial charge in [-0.25, -0.2) is 15.2 Å². The number of esters is 1. The first-order valence-electron chi connectivity index (χ1n) is 22.9. The molecule has 3 saturated heterocycles. The van der Waals surface area contributed by atoms with Gasteiger partial charge in [-0.1, -0.05) is 33.8 Å². The first kappa shape index (κ1) is 45.7. The summed E-state index contributed by atoms with van der Waals surface area (Å²) in [5.41, 5.74) is 9.44. The van der Waals surface area contributed by atoms with E-state index in [1.165, 1.54) is 16.3 Å². The number of hydrogen-bond donors (Lipinski definition) is 2. The Morgan fingerprint density at radius 2 is 1.86 bits per heavy atom. The number of ether oxygens (including phenoxy) is 2. The Bertz CT molecular complexity index is 2380. The molecule has 2 N–H and O–H groups in total. The molecule has 64 heavy (non-hydrogen) atoms. The average Bonchev–Trinajstić information content (AvgIpc) is 4.06. The van der Waals surface area contributed by atoms with E-state index in [1.54, 1.807) is 25.3 Å². The number of hydrazine groups is 1. The number of carbonyl (C=O) groups is 4. The number of rotatable bonds is 8. The van der Waals surface area contributed by atoms with Crippen molar-refractivity contribution in [2.75, 3.05) is 60.5 Å². The summed E-state index contributed by atoms with van der Waals surface area (Å²) in [6.45, 7) is 16.7. The molecule has 16 heteroatoms. The second-order valence-corrected chi connectivity index (χ2v) is 20.4. The van der Waals surface area contributed by atoms with Gasteiger partial charge in [0.1, 0.15) is 18.1 Å². The number of amides is 4. The lowest BCUT2D eigenvalue weighted by molar-refractivity contribution is -0.155. The molecule has 1 unspecified atom stereocenters. The van der Waals surface area contributed by atoms with E-state index in [0.717, 1.165) is 57.8 Å². The number of benzene rings is 1. The molecule has 6 atom stereocenters. The molecule has 7 heterocycles. The van der Waals surface area contributed by atoms with Crippen LogP contribution in [0.4, 0.5) is 4.79 Å². The minimum absolute atomic E-state index is 0.119. The maximum absolute atomic E-state index is 14.6. The molecule has 4 aliphatic heterocycles. The molecule has 4 aliphatic rings. The Balaban J connectivity index is 1.15. The van der Waals surface area contributed by atoms with Crippen molar-refractivity contribution in [1.82, 2.24) is 45.0 Å². The van der Waals surface area contributed by atoms with Crippen LogP contribution in [0.1, 0.15) is 76.8 Å². The highest BCUT2D eigenvalue weighted by Crippen LogP contribution is 2.42. The first-order chi connectivity index (χ1) is 30.6. The Hall–Kier alpha value is -4.90. The fourth-order valence-corrected chi connectivity index (χ4v) is 11.3. The number of nitrogens with one attached hydrogen (secondary N) is 2. The van der Waals surface area contributed by atoms with Gasteiger partial charge in [0.25, 0.3) is 5.91 Å². The topological polar surface area (TPSA) is 154 Å². The quantitative estimate of drug-likeness (QED) is 0.209. The van der Waals surface area contributed by atoms with Gasteiger partial charge >= 0.3 is 12.0 Å². The maximum Gasteiger partial charge on any atom is 0.324 e. The monoisotopic (exact) mass is 895 g/mol. The molecule has 4 aromatic rings. The van der Waals surface area contributed by atoms with Crippen molar-refractivity contribution in [3.63, 3.8) is 0 Å². The van der Waals surface area contributed by atoms with Crippen LogP contribution in [0.5, 0.6) is 0 Å². The number of nitrogens with zero attached hydrogens (tertiary/aromatic N) is 7. The summed E-state index contributed by atoms with van der Waals surface area (Å²) < 4.78 is 14.3. The van der Waals surface area contributed by atoms with E-state index in [4.69, 9.17) is 19.4 Å². The number of cyclic esters (lactones) is 1. The zero-order valence-corrected chi connectivity index (χ0v) is 39.7. The molecule has 8 rings (SSSR count). The van der Waals surface area contributed by atoms with Crippen LogP contribution in [-0.4, -0.2) is 137 Å². The summed E-state index contributed by atoms with van der Waals surface area (Å²) in [6, 6.07) is 7.69. The number of fused-ring (bicyclic) bond motifs is 7. The third kappa shape index (κ3) is 9.03. The van der Waals surface area contributed by atoms with Gasteiger partial charge in [-0.3, -0.25) is 24.4 Å². The van der Waals surface area contributed by atoms with E-state index >= 15 is 0 Å². The third-order valence-electron chi connectivity index (χ3n) is 13.7. The maximum atomic E-state index is 14.6. The molecule has 1 aromatic carbocycles. The van der Waals surface area contributed by atoms with E-state index in [1.807, 2.05) is 37.1 Å². The van der Waals surface area contributed by atoms with E-state index in [9.17, 15) is 19.2 Å². The van der Waals surface area contributed by atoms with Gasteiger partial charge in [-0.05, 0) is 87.7 Å². The van der Waals surface area contributed by atoms with E-state index in [2.05, 4.69) is 72.3 Å². The number of methoxy groups -OCH3 is 1. The third-order valence-corrected chi connectivity index (χ3v) is 14.6. The fraction of sp³-hybridized carbons (Fsp3) is 0.583. The zero-order valence-electron chi connectivity index (χ0n) is 38.8. The molecular weight excluding hydrogens is 831 g/mol. The number of likely N-dealkylation sites (N-methyl/N-ethyl adjacent to an activating group) is 1. The highest BCUT2D eigenvalue weighted by atomic mass is 32.1. The van der Waals surface area contributed by atoms with Crippen LogP contribution in [0.3, 0.4) is 0 Å². The standard InChI is InChI=1S/C48H65N9O6S/c1-10-56-39-16-15-30-19-34(39)35(43(56)33-13-11-17-49-41(33)29(4)62-9)21-48(5,6)27-63-46(60)36-14-12-18-57(52-36)45(59)37(20-40-50-38(30)26-64-40)51-44(58)42(28(2)3)54(8)47(61)55-24-31-22-53(7)23-32(31)25-55/h11,13,15-17,19,26,28-29,31-32,36-37,42,52H,10,12,14,18,20-25,27H2,1-9H3,(H,51,58)/t29-,31-,32+,36-,37-,42?/m0/s1. The van der Waals surface area contributed by atoms with Crippen molar-refractivity contribution in [1.29, 1.82) is 0 Å². The van der Waals surface area contributed by atoms with Crippen LogP contribution < -0.4 is 10.7 Å². The van der Waals surface area contributed by atoms with Crippen molar-refractivity contribution in [2.45, 2.75) is 98.0 Å². The van der Waals surface area contributed by atoms with Crippen LogP contribution in [0.15, 0.2) is 41.9 Å². The second kappa shape index (κ2) is 18.5. The number of pyridine rings is 1. The predicted molar refractivity (Wildman–Crippen MR) is 247 cm³/mol. The molecule has 6 bridgehead atoms. The number of hydrogen-bond acceptors (Lipinski definition) is 11. The molecular formula is C48H65N9O6S. The molecule has 3 fully saturated rings. The molecule has 0 radical (unpaired) electrons. The smallest absolute Gasteiger partial charge is 0.324 e. The highest BCUT2D eigenvalue weighted by Gasteiger charge is 2.44. The molecule has 344 valence electrons. The fourth-order valence-electron chi connectivity index (χ4n) is 10.5. The number of aromatic nitrogens is 3. The summed E-state index contributed by atoms with van der Waals surface area (Å²) in [4.78, 5) is 72.6. The molecule has 3 aromatic heterocycles. The van der Waals surface area contributed by atoms with Gasteiger partial charge < -0.3 is 34.1 Å². The van der Waals surface area contributed by atoms with Crippen molar-refractivity contribution in [3.05, 3.63) is 58.2 Å². The van der Waals surface area contributed by atoms with Crippen LogP contribution in [0.25, 0.3) is 33.4 Å². The number of likely N-dealkylation sites (tertiary alicyclic amines) is 2. The predicted octanol–water partition coefficient (Wildman–Crippen LogP) is 5.77. The van der Waals surface area contributed by atoms with Gasteiger partial charge in [0.2, 0.25) is 5.91 Å². The number of thiazole rings is 1. The average molecular weight is 896 g/mol. The van der Waals surface area contributed by atoms with Crippen LogP contribution in [0, 0.1) is 23.2 Å². The van der Waals surface area contributed by atoms with Crippen LogP contribution in [-0.2, 0) is 43.2 Å². The first-order valence-corrected chi connectivity index (χ1v) is 23.8. The largest absolute Gasteiger partial charge is 0.464 e. The van der Waals surface area contributed by atoms with Crippen molar-refractivity contribution < 1.29 is 28.7 Å². The lowest BCUT2D eigenvalue weighted by Gasteiger charge is -2.37. The summed E-state index contributed by atoms with van der Waals surface area (Å²) in [5.74, 6) is -0.616. The number of urea groups is 1. The van der Waals surface area contributed by atoms with E-state index in [-0.39, 0.29) is 37.0 Å². The normalized spacial score (nSPS) is 23.8. The molecule has 4 amide bonds. The Morgan fingerprint density at radius 1 is 1.11 bits per heavy atom. The van der Waals surface area contributed by atoms with Crippen molar-refractivity contribution >= 4 is 46.1 Å². The molecule has 0 aliphatic carbocycles. The minimum atomic E-state index is -1.03. The SMILES string of the molecule is CCn1c(-c2cccnc2[C@H](C)OC)c2c3cc(ccc31)-c1csc(n1)C[C@H](NC(=O)C(C(C)C)N(C)C(=O)N1C[C@H]3CN(C)C[C@H]3C1)C(=O)N1CCC[C@H](N1)C(=O)OCC(C)(C)C2. The Kier molecular flexibility index (Phi) is 13.2. The Labute approximate surface area is 380 Å². The van der Waals surface area contributed by atoms with Gasteiger partial charge in [0.15, 0.2) is 0 Å². The van der Waals surface area contributed by atoms with Gasteiger partial charge in [-0.15, -0.1) is 11.3 Å². The number of carbonyl (C=O) groups excluding carboxylic acids is 4. The van der Waals surface area contributed by atoms with E-state index in [0.29, 0.717) is 62.3 Å². The zero-order chi connectivity index (χ0) is 45.6. The van der Waals surface area contributed by atoms with Crippen LogP contribution in [0.2, 0.25) is 0 Å².